The molecule has 0 unspecified atom stereocenters. The van der Waals surface area contributed by atoms with Crippen LogP contribution in [0.25, 0.3) is 0 Å². The molecule has 188 valence electrons. The molecule has 0 aromatic carbocycles. The Bertz CT molecular complexity index is 1070. The Hall–Kier alpha value is -1.86. The van der Waals surface area contributed by atoms with Crippen molar-refractivity contribution in [2.45, 2.75) is 62.3 Å². The first-order valence-electron chi connectivity index (χ1n) is 11.4. The number of ether oxygens (including phenoxy) is 3. The van der Waals surface area contributed by atoms with Gasteiger partial charge in [0.25, 0.3) is 0 Å². The SMILES string of the molecule is CCCO[C@@H](c1ncc(Cl)cn1)[C@H](C)S(=O)(=O)Nc1nnc([C@H]2CCOC2)n1C1(COC)CC1. The van der Waals surface area contributed by atoms with E-state index in [-0.39, 0.29) is 23.2 Å². The van der Waals surface area contributed by atoms with E-state index in [0.29, 0.717) is 37.9 Å². The highest BCUT2D eigenvalue weighted by Gasteiger charge is 2.49. The number of hydrogen-bond acceptors (Lipinski definition) is 9. The van der Waals surface area contributed by atoms with Gasteiger partial charge in [-0.3, -0.25) is 9.29 Å². The molecule has 0 amide bonds. The maximum Gasteiger partial charge on any atom is 0.240 e. The van der Waals surface area contributed by atoms with E-state index in [1.807, 2.05) is 11.5 Å². The fourth-order valence-electron chi connectivity index (χ4n) is 4.19. The zero-order valence-electron chi connectivity index (χ0n) is 19.6. The lowest BCUT2D eigenvalue weighted by molar-refractivity contribution is 0.0466. The van der Waals surface area contributed by atoms with Gasteiger partial charge >= 0.3 is 0 Å². The summed E-state index contributed by atoms with van der Waals surface area (Å²) < 4.78 is 48.5. The van der Waals surface area contributed by atoms with Crippen molar-refractivity contribution in [3.05, 3.63) is 29.1 Å². The second kappa shape index (κ2) is 10.4. The largest absolute Gasteiger partial charge is 0.382 e. The van der Waals surface area contributed by atoms with Crippen LogP contribution >= 0.6 is 11.6 Å². The molecule has 3 heterocycles. The molecule has 1 aliphatic carbocycles. The number of nitrogens with zero attached hydrogens (tertiary/aromatic N) is 5. The van der Waals surface area contributed by atoms with Crippen molar-refractivity contribution in [2.75, 3.05) is 38.3 Å². The molecule has 11 nitrogen and oxygen atoms in total. The lowest BCUT2D eigenvalue weighted by Gasteiger charge is -2.25. The first kappa shape index (κ1) is 25.2. The van der Waals surface area contributed by atoms with E-state index in [0.717, 1.165) is 25.1 Å². The highest BCUT2D eigenvalue weighted by molar-refractivity contribution is 7.93. The molecule has 1 N–H and O–H groups in total. The second-order valence-corrected chi connectivity index (χ2v) is 11.3. The van der Waals surface area contributed by atoms with Crippen LogP contribution < -0.4 is 4.72 Å². The van der Waals surface area contributed by atoms with Crippen molar-refractivity contribution in [3.8, 4) is 0 Å². The molecule has 0 bridgehead atoms. The molecule has 1 aliphatic heterocycles. The topological polar surface area (TPSA) is 130 Å². The van der Waals surface area contributed by atoms with Gasteiger partial charge in [0, 0.05) is 38.6 Å². The van der Waals surface area contributed by atoms with Crippen LogP contribution in [-0.4, -0.2) is 71.9 Å². The van der Waals surface area contributed by atoms with Gasteiger partial charge in [-0.25, -0.2) is 18.4 Å². The predicted molar refractivity (Wildman–Crippen MR) is 125 cm³/mol. The fraction of sp³-hybridized carbons (Fsp3) is 0.714. The molecule has 0 radical (unpaired) electrons. The Labute approximate surface area is 204 Å². The molecule has 2 aromatic rings. The summed E-state index contributed by atoms with van der Waals surface area (Å²) >= 11 is 5.91. The molecule has 34 heavy (non-hydrogen) atoms. The predicted octanol–water partition coefficient (Wildman–Crippen LogP) is 2.66. The lowest BCUT2D eigenvalue weighted by Crippen LogP contribution is -2.35. The molecule has 13 heteroatoms. The molecule has 1 saturated carbocycles. The zero-order chi connectivity index (χ0) is 24.3. The van der Waals surface area contributed by atoms with E-state index < -0.39 is 21.4 Å². The van der Waals surface area contributed by atoms with Gasteiger partial charge in [-0.15, -0.1) is 10.2 Å². The third-order valence-corrected chi connectivity index (χ3v) is 8.13. The first-order valence-corrected chi connectivity index (χ1v) is 13.4. The Morgan fingerprint density at radius 1 is 1.32 bits per heavy atom. The van der Waals surface area contributed by atoms with Crippen LogP contribution in [0.3, 0.4) is 0 Å². The van der Waals surface area contributed by atoms with Crippen molar-refractivity contribution in [1.29, 1.82) is 0 Å². The monoisotopic (exact) mass is 514 g/mol. The van der Waals surface area contributed by atoms with E-state index in [1.165, 1.54) is 12.4 Å². The molecule has 1 saturated heterocycles. The number of aromatic nitrogens is 5. The Morgan fingerprint density at radius 3 is 2.65 bits per heavy atom. The normalized spacial score (nSPS) is 21.4. The standard InChI is InChI=1S/C21H31ClN6O5S/c1-4-8-33-17(18-23-10-16(22)11-24-18)14(2)34(29,30)27-20-26-25-19(15-5-9-32-12-15)28(20)21(6-7-21)13-31-3/h10-11,14-15,17H,4-9,12-13H2,1-3H3,(H,26,27)/t14-,15-,17+/m0/s1. The number of hydrogen-bond donors (Lipinski definition) is 1. The Morgan fingerprint density at radius 2 is 2.06 bits per heavy atom. The quantitative estimate of drug-likeness (QED) is 0.454. The summed E-state index contributed by atoms with van der Waals surface area (Å²) in [7, 11) is -2.33. The number of nitrogens with one attached hydrogen (secondary N) is 1. The van der Waals surface area contributed by atoms with Crippen molar-refractivity contribution < 1.29 is 22.6 Å². The second-order valence-electron chi connectivity index (χ2n) is 8.84. The summed E-state index contributed by atoms with van der Waals surface area (Å²) in [4.78, 5) is 8.39. The minimum atomic E-state index is -3.96. The van der Waals surface area contributed by atoms with Gasteiger partial charge < -0.3 is 14.2 Å². The highest BCUT2D eigenvalue weighted by atomic mass is 35.5. The number of anilines is 1. The van der Waals surface area contributed by atoms with Gasteiger partial charge in [0.1, 0.15) is 17.2 Å². The van der Waals surface area contributed by atoms with Gasteiger partial charge in [0.05, 0.1) is 23.8 Å². The highest BCUT2D eigenvalue weighted by Crippen LogP contribution is 2.47. The zero-order valence-corrected chi connectivity index (χ0v) is 21.2. The Balaban J connectivity index is 1.64. The maximum atomic E-state index is 13.5. The van der Waals surface area contributed by atoms with Crippen molar-refractivity contribution in [3.63, 3.8) is 0 Å². The summed E-state index contributed by atoms with van der Waals surface area (Å²) in [5.41, 5.74) is -0.366. The van der Waals surface area contributed by atoms with Crippen molar-refractivity contribution >= 4 is 27.6 Å². The number of methoxy groups -OCH3 is 1. The smallest absolute Gasteiger partial charge is 0.240 e. The fourth-order valence-corrected chi connectivity index (χ4v) is 5.39. The maximum absolute atomic E-state index is 13.5. The van der Waals surface area contributed by atoms with Crippen LogP contribution in [0.2, 0.25) is 5.02 Å². The number of halogens is 1. The van der Waals surface area contributed by atoms with Crippen molar-refractivity contribution in [1.82, 2.24) is 24.7 Å². The summed E-state index contributed by atoms with van der Waals surface area (Å²) in [5.74, 6) is 1.20. The van der Waals surface area contributed by atoms with Crippen LogP contribution in [-0.2, 0) is 29.8 Å². The summed E-state index contributed by atoms with van der Waals surface area (Å²) in [6.07, 6.45) is 5.19. The molecule has 4 rings (SSSR count). The van der Waals surface area contributed by atoms with Crippen LogP contribution in [0, 0.1) is 0 Å². The molecule has 0 spiro atoms. The third-order valence-electron chi connectivity index (χ3n) is 6.24. The van der Waals surface area contributed by atoms with Gasteiger partial charge in [-0.2, -0.15) is 0 Å². The molecule has 3 atom stereocenters. The first-order chi connectivity index (χ1) is 16.3. The van der Waals surface area contributed by atoms with Crippen LogP contribution in [0.5, 0.6) is 0 Å². The van der Waals surface area contributed by atoms with Gasteiger partial charge in [-0.05, 0) is 32.6 Å². The van der Waals surface area contributed by atoms with Crippen LogP contribution in [0.15, 0.2) is 12.4 Å². The minimum absolute atomic E-state index is 0.0561. The third kappa shape index (κ3) is 5.20. The van der Waals surface area contributed by atoms with Crippen LogP contribution in [0.1, 0.15) is 63.2 Å². The summed E-state index contributed by atoms with van der Waals surface area (Å²) in [5, 5.41) is 7.96. The van der Waals surface area contributed by atoms with Gasteiger partial charge in [0.2, 0.25) is 16.0 Å². The lowest BCUT2D eigenvalue weighted by atomic mass is 10.1. The summed E-state index contributed by atoms with van der Waals surface area (Å²) in [6.45, 7) is 5.48. The summed E-state index contributed by atoms with van der Waals surface area (Å²) in [6, 6.07) is 0. The molecular formula is C21H31ClN6O5S. The van der Waals surface area contributed by atoms with Crippen LogP contribution in [0.4, 0.5) is 5.95 Å². The van der Waals surface area contributed by atoms with Crippen molar-refractivity contribution in [2.24, 2.45) is 0 Å². The van der Waals surface area contributed by atoms with E-state index in [2.05, 4.69) is 24.9 Å². The molecule has 2 aromatic heterocycles. The van der Waals surface area contributed by atoms with E-state index in [1.54, 1.807) is 14.0 Å². The molecule has 2 fully saturated rings. The van der Waals surface area contributed by atoms with E-state index in [9.17, 15) is 8.42 Å². The minimum Gasteiger partial charge on any atom is -0.382 e. The number of sulfonamides is 1. The average molecular weight is 515 g/mol. The van der Waals surface area contributed by atoms with Gasteiger partial charge in [-0.1, -0.05) is 18.5 Å². The number of rotatable bonds is 12. The van der Waals surface area contributed by atoms with Gasteiger partial charge in [0.15, 0.2) is 5.82 Å². The molecule has 2 aliphatic rings. The van der Waals surface area contributed by atoms with E-state index >= 15 is 0 Å². The Kier molecular flexibility index (Phi) is 7.72. The van der Waals surface area contributed by atoms with E-state index in [4.69, 9.17) is 25.8 Å². The molecular weight excluding hydrogens is 484 g/mol. The average Bonchev–Trinajstić information content (AvgIpc) is 3.20.